The zero-order valence-corrected chi connectivity index (χ0v) is 17.0. The second kappa shape index (κ2) is 8.22. The molecule has 154 valence electrons. The Morgan fingerprint density at radius 2 is 1.86 bits per heavy atom. The van der Waals surface area contributed by atoms with Crippen LogP contribution < -0.4 is 15.8 Å². The second-order valence-corrected chi connectivity index (χ2v) is 8.70. The predicted molar refractivity (Wildman–Crippen MR) is 108 cm³/mol. The van der Waals surface area contributed by atoms with Crippen LogP contribution in [0.1, 0.15) is 28.8 Å². The van der Waals surface area contributed by atoms with Crippen molar-refractivity contribution in [1.29, 1.82) is 0 Å². The van der Waals surface area contributed by atoms with E-state index in [0.29, 0.717) is 35.4 Å². The zero-order chi connectivity index (χ0) is 21.2. The molecule has 3 N–H and O–H groups in total. The number of benzene rings is 2. The van der Waals surface area contributed by atoms with E-state index in [9.17, 15) is 18.0 Å². The summed E-state index contributed by atoms with van der Waals surface area (Å²) >= 11 is 0. The molecular formula is C20H23N3O5S. The number of primary amides is 1. The lowest BCUT2D eigenvalue weighted by Gasteiger charge is -2.24. The number of hydrogen-bond donors (Lipinski definition) is 2. The lowest BCUT2D eigenvalue weighted by molar-refractivity contribution is -0.119. The van der Waals surface area contributed by atoms with Crippen molar-refractivity contribution in [3.05, 3.63) is 53.6 Å². The van der Waals surface area contributed by atoms with Gasteiger partial charge < -0.3 is 15.8 Å². The van der Waals surface area contributed by atoms with Crippen molar-refractivity contribution >= 4 is 27.5 Å². The van der Waals surface area contributed by atoms with E-state index in [0.717, 1.165) is 0 Å². The summed E-state index contributed by atoms with van der Waals surface area (Å²) in [6, 6.07) is 10.1. The van der Waals surface area contributed by atoms with Crippen molar-refractivity contribution in [2.24, 2.45) is 5.73 Å². The van der Waals surface area contributed by atoms with Crippen molar-refractivity contribution < 1.29 is 22.7 Å². The minimum absolute atomic E-state index is 0.127. The summed E-state index contributed by atoms with van der Waals surface area (Å²) in [5.41, 5.74) is 6.57. The minimum atomic E-state index is -3.88. The van der Waals surface area contributed by atoms with E-state index in [1.165, 1.54) is 29.6 Å². The van der Waals surface area contributed by atoms with Gasteiger partial charge in [0.1, 0.15) is 11.8 Å². The summed E-state index contributed by atoms with van der Waals surface area (Å²) in [4.78, 5) is 24.1. The Bertz CT molecular complexity index is 1030. The first-order valence-electron chi connectivity index (χ1n) is 9.11. The highest BCUT2D eigenvalue weighted by molar-refractivity contribution is 7.89. The van der Waals surface area contributed by atoms with Crippen molar-refractivity contribution in [2.45, 2.75) is 30.7 Å². The van der Waals surface area contributed by atoms with Gasteiger partial charge in [-0.2, -0.15) is 4.31 Å². The van der Waals surface area contributed by atoms with E-state index >= 15 is 0 Å². The average molecular weight is 417 g/mol. The van der Waals surface area contributed by atoms with Gasteiger partial charge in [-0.3, -0.25) is 9.59 Å². The number of nitrogens with zero attached hydrogens (tertiary/aromatic N) is 1. The summed E-state index contributed by atoms with van der Waals surface area (Å²) in [5.74, 6) is -0.549. The fourth-order valence-corrected chi connectivity index (χ4v) is 5.24. The predicted octanol–water partition coefficient (Wildman–Crippen LogP) is 1.89. The molecule has 1 saturated heterocycles. The van der Waals surface area contributed by atoms with Crippen LogP contribution in [0, 0.1) is 6.92 Å². The molecule has 2 aromatic carbocycles. The molecule has 3 rings (SSSR count). The second-order valence-electron chi connectivity index (χ2n) is 6.84. The highest BCUT2D eigenvalue weighted by atomic mass is 32.2. The molecule has 1 fully saturated rings. The molecule has 0 aliphatic carbocycles. The molecule has 0 radical (unpaired) electrons. The number of carbonyl (C=O) groups is 2. The van der Waals surface area contributed by atoms with E-state index in [1.807, 2.05) is 0 Å². The number of ether oxygens (including phenoxy) is 1. The van der Waals surface area contributed by atoms with Crippen LogP contribution in [-0.4, -0.2) is 44.2 Å². The number of carbonyl (C=O) groups excluding carboxylic acids is 2. The number of nitrogens with one attached hydrogen (secondary N) is 1. The third-order valence-corrected chi connectivity index (χ3v) is 6.98. The Kier molecular flexibility index (Phi) is 5.90. The zero-order valence-electron chi connectivity index (χ0n) is 16.2. The number of sulfonamides is 1. The lowest BCUT2D eigenvalue weighted by Crippen LogP contribution is -2.43. The quantitative estimate of drug-likeness (QED) is 0.744. The van der Waals surface area contributed by atoms with Gasteiger partial charge in [-0.05, 0) is 55.7 Å². The van der Waals surface area contributed by atoms with E-state index < -0.39 is 27.9 Å². The van der Waals surface area contributed by atoms with Crippen molar-refractivity contribution in [1.82, 2.24) is 4.31 Å². The molecule has 1 aliphatic heterocycles. The maximum Gasteiger partial charge on any atom is 0.248 e. The topological polar surface area (TPSA) is 119 Å². The van der Waals surface area contributed by atoms with Gasteiger partial charge in [-0.1, -0.05) is 6.07 Å². The van der Waals surface area contributed by atoms with Crippen LogP contribution in [0.15, 0.2) is 47.4 Å². The van der Waals surface area contributed by atoms with E-state index in [2.05, 4.69) is 5.32 Å². The fraction of sp³-hybridized carbons (Fsp3) is 0.300. The van der Waals surface area contributed by atoms with E-state index in [-0.39, 0.29) is 11.4 Å². The van der Waals surface area contributed by atoms with Crippen molar-refractivity contribution in [3.63, 3.8) is 0 Å². The molecule has 1 aliphatic rings. The maximum absolute atomic E-state index is 13.2. The highest BCUT2D eigenvalue weighted by Gasteiger charge is 2.40. The Morgan fingerprint density at radius 3 is 2.48 bits per heavy atom. The maximum atomic E-state index is 13.2. The summed E-state index contributed by atoms with van der Waals surface area (Å²) in [6.07, 6.45) is 1.01. The SMILES string of the molecule is COc1ccc(C)c(S(=O)(=O)N2CCCC2C(=O)Nc2ccc(C(N)=O)cc2)c1. The fourth-order valence-electron chi connectivity index (χ4n) is 3.34. The first-order valence-corrected chi connectivity index (χ1v) is 10.6. The molecule has 2 amide bonds. The molecule has 1 heterocycles. The van der Waals surface area contributed by atoms with Crippen LogP contribution in [0.4, 0.5) is 5.69 Å². The first kappa shape index (κ1) is 20.8. The molecular weight excluding hydrogens is 394 g/mol. The molecule has 2 aromatic rings. The highest BCUT2D eigenvalue weighted by Crippen LogP contribution is 2.30. The third kappa shape index (κ3) is 4.25. The molecule has 1 atom stereocenters. The molecule has 29 heavy (non-hydrogen) atoms. The van der Waals surface area contributed by atoms with Gasteiger partial charge in [0.2, 0.25) is 21.8 Å². The van der Waals surface area contributed by atoms with Gasteiger partial charge in [-0.25, -0.2) is 8.42 Å². The molecule has 9 heteroatoms. The molecule has 0 bridgehead atoms. The van der Waals surface area contributed by atoms with Gasteiger partial charge in [0.05, 0.1) is 12.0 Å². The normalized spacial score (nSPS) is 17.1. The minimum Gasteiger partial charge on any atom is -0.497 e. The van der Waals surface area contributed by atoms with Gasteiger partial charge in [-0.15, -0.1) is 0 Å². The summed E-state index contributed by atoms with van der Waals surface area (Å²) in [5, 5.41) is 2.72. The number of hydrogen-bond acceptors (Lipinski definition) is 5. The third-order valence-electron chi connectivity index (χ3n) is 4.93. The van der Waals surface area contributed by atoms with Gasteiger partial charge >= 0.3 is 0 Å². The van der Waals surface area contributed by atoms with Gasteiger partial charge in [0.25, 0.3) is 0 Å². The average Bonchev–Trinajstić information content (AvgIpc) is 3.19. The largest absolute Gasteiger partial charge is 0.497 e. The Morgan fingerprint density at radius 1 is 1.17 bits per heavy atom. The van der Waals surface area contributed by atoms with Gasteiger partial charge in [0.15, 0.2) is 0 Å². The number of rotatable bonds is 6. The Hall–Kier alpha value is -2.91. The molecule has 0 aromatic heterocycles. The molecule has 0 saturated carbocycles. The molecule has 1 unspecified atom stereocenters. The van der Waals surface area contributed by atoms with Crippen LogP contribution in [0.2, 0.25) is 0 Å². The number of aryl methyl sites for hydroxylation is 1. The lowest BCUT2D eigenvalue weighted by atomic mass is 10.2. The number of amides is 2. The summed E-state index contributed by atoms with van der Waals surface area (Å²) < 4.78 is 32.9. The number of anilines is 1. The van der Waals surface area contributed by atoms with Gasteiger partial charge in [0, 0.05) is 23.9 Å². The summed E-state index contributed by atoms with van der Waals surface area (Å²) in [6.45, 7) is 1.97. The van der Waals surface area contributed by atoms with Crippen LogP contribution in [0.5, 0.6) is 5.75 Å². The van der Waals surface area contributed by atoms with E-state index in [1.54, 1.807) is 31.2 Å². The van der Waals surface area contributed by atoms with Crippen molar-refractivity contribution in [3.8, 4) is 5.75 Å². The number of methoxy groups -OCH3 is 1. The Balaban J connectivity index is 1.83. The van der Waals surface area contributed by atoms with Crippen LogP contribution >= 0.6 is 0 Å². The van der Waals surface area contributed by atoms with Crippen molar-refractivity contribution in [2.75, 3.05) is 19.0 Å². The Labute approximate surface area is 169 Å². The number of nitrogens with two attached hydrogens (primary N) is 1. The van der Waals surface area contributed by atoms with Crippen LogP contribution in [0.25, 0.3) is 0 Å². The first-order chi connectivity index (χ1) is 13.7. The van der Waals surface area contributed by atoms with Crippen LogP contribution in [-0.2, 0) is 14.8 Å². The summed E-state index contributed by atoms with van der Waals surface area (Å²) in [7, 11) is -2.41. The van der Waals surface area contributed by atoms with E-state index in [4.69, 9.17) is 10.5 Å². The molecule has 8 nitrogen and oxygen atoms in total. The molecule has 0 spiro atoms. The monoisotopic (exact) mass is 417 g/mol. The standard InChI is InChI=1S/C20H23N3O5S/c1-13-5-10-16(28-2)12-18(13)29(26,27)23-11-3-4-17(23)20(25)22-15-8-6-14(7-9-15)19(21)24/h5-10,12,17H,3-4,11H2,1-2H3,(H2,21,24)(H,22,25). The smallest absolute Gasteiger partial charge is 0.248 e. The van der Waals surface area contributed by atoms with Crippen LogP contribution in [0.3, 0.4) is 0 Å².